The van der Waals surface area contributed by atoms with E-state index in [0.29, 0.717) is 12.6 Å². The molecular weight excluding hydrogens is 216 g/mol. The summed E-state index contributed by atoms with van der Waals surface area (Å²) < 4.78 is 5.49. The van der Waals surface area contributed by atoms with Crippen LogP contribution in [0.25, 0.3) is 0 Å². The van der Waals surface area contributed by atoms with Crippen LogP contribution in [0.15, 0.2) is 18.2 Å². The summed E-state index contributed by atoms with van der Waals surface area (Å²) in [5, 5.41) is 3.18. The Morgan fingerprint density at radius 3 is 2.76 bits per heavy atom. The molecule has 0 aliphatic carbocycles. The van der Waals surface area contributed by atoms with Crippen molar-refractivity contribution in [1.29, 1.82) is 0 Å². The van der Waals surface area contributed by atoms with Gasteiger partial charge in [0.25, 0.3) is 0 Å². The second kappa shape index (κ2) is 6.25. The Balaban J connectivity index is 2.66. The Morgan fingerprint density at radius 1 is 1.53 bits per heavy atom. The van der Waals surface area contributed by atoms with E-state index in [2.05, 4.69) is 18.3 Å². The van der Waals surface area contributed by atoms with Gasteiger partial charge >= 0.3 is 0 Å². The molecule has 17 heavy (non-hydrogen) atoms. The van der Waals surface area contributed by atoms with Crippen molar-refractivity contribution >= 4 is 5.91 Å². The molecule has 1 aromatic carbocycles. The van der Waals surface area contributed by atoms with Crippen LogP contribution in [0.2, 0.25) is 0 Å². The van der Waals surface area contributed by atoms with Gasteiger partial charge in [-0.15, -0.1) is 0 Å². The molecule has 1 amide bonds. The maximum Gasteiger partial charge on any atom is 0.220 e. The lowest BCUT2D eigenvalue weighted by Gasteiger charge is -2.14. The Labute approximate surface area is 102 Å². The summed E-state index contributed by atoms with van der Waals surface area (Å²) in [4.78, 5) is 10.6. The van der Waals surface area contributed by atoms with Gasteiger partial charge in [-0.25, -0.2) is 0 Å². The van der Waals surface area contributed by atoms with Gasteiger partial charge < -0.3 is 15.8 Å². The molecule has 1 aromatic rings. The van der Waals surface area contributed by atoms with Crippen molar-refractivity contribution in [3.63, 3.8) is 0 Å². The van der Waals surface area contributed by atoms with Crippen molar-refractivity contribution < 1.29 is 9.53 Å². The van der Waals surface area contributed by atoms with E-state index in [0.717, 1.165) is 11.3 Å². The number of nitrogens with one attached hydrogen (secondary N) is 1. The molecule has 1 rings (SSSR count). The molecule has 0 bridgehead atoms. The summed E-state index contributed by atoms with van der Waals surface area (Å²) in [5.41, 5.74) is 7.33. The monoisotopic (exact) mass is 236 g/mol. The predicted octanol–water partition coefficient (Wildman–Crippen LogP) is 1.53. The Morgan fingerprint density at radius 2 is 2.24 bits per heavy atom. The zero-order valence-corrected chi connectivity index (χ0v) is 10.6. The Bertz CT molecular complexity index is 391. The lowest BCUT2D eigenvalue weighted by atomic mass is 10.1. The van der Waals surface area contributed by atoms with Crippen LogP contribution < -0.4 is 15.8 Å². The topological polar surface area (TPSA) is 64.3 Å². The molecule has 0 saturated carbocycles. The molecule has 0 aliphatic heterocycles. The van der Waals surface area contributed by atoms with Gasteiger partial charge in [-0.2, -0.15) is 0 Å². The summed E-state index contributed by atoms with van der Waals surface area (Å²) >= 11 is 0. The number of nitrogens with two attached hydrogens (primary N) is 1. The van der Waals surface area contributed by atoms with E-state index in [1.165, 1.54) is 5.56 Å². The highest BCUT2D eigenvalue weighted by molar-refractivity contribution is 5.73. The van der Waals surface area contributed by atoms with E-state index in [9.17, 15) is 4.79 Å². The molecule has 1 unspecified atom stereocenters. The molecule has 1 atom stereocenters. The third-order valence-electron chi connectivity index (χ3n) is 2.74. The number of amides is 1. The van der Waals surface area contributed by atoms with Crippen LogP contribution >= 0.6 is 0 Å². The van der Waals surface area contributed by atoms with E-state index >= 15 is 0 Å². The zero-order valence-electron chi connectivity index (χ0n) is 10.6. The molecule has 0 aliphatic rings. The highest BCUT2D eigenvalue weighted by atomic mass is 16.5. The van der Waals surface area contributed by atoms with Gasteiger partial charge in [0.05, 0.1) is 13.0 Å². The second-order valence-corrected chi connectivity index (χ2v) is 4.10. The molecule has 0 heterocycles. The van der Waals surface area contributed by atoms with Gasteiger partial charge in [-0.1, -0.05) is 12.1 Å². The van der Waals surface area contributed by atoms with Crippen LogP contribution in [0.1, 0.15) is 30.5 Å². The van der Waals surface area contributed by atoms with Crippen LogP contribution in [0.5, 0.6) is 5.75 Å². The van der Waals surface area contributed by atoms with Crippen LogP contribution in [0.3, 0.4) is 0 Å². The number of hydrogen-bond donors (Lipinski definition) is 2. The standard InChI is InChI=1S/C13H20N2O2/c1-9-8-11(10(2)15-3)4-5-12(9)17-7-6-13(14)16/h4-5,8,10,15H,6-7H2,1-3H3,(H2,14,16). The van der Waals surface area contributed by atoms with Crippen LogP contribution in [-0.4, -0.2) is 19.6 Å². The highest BCUT2D eigenvalue weighted by Gasteiger charge is 2.06. The first-order valence-corrected chi connectivity index (χ1v) is 5.73. The van der Waals surface area contributed by atoms with E-state index < -0.39 is 0 Å². The fourth-order valence-corrected chi connectivity index (χ4v) is 1.53. The molecular formula is C13H20N2O2. The second-order valence-electron chi connectivity index (χ2n) is 4.10. The number of hydrogen-bond acceptors (Lipinski definition) is 3. The number of ether oxygens (including phenoxy) is 1. The molecule has 0 spiro atoms. The van der Waals surface area contributed by atoms with E-state index in [1.807, 2.05) is 26.1 Å². The van der Waals surface area contributed by atoms with Gasteiger partial charge in [-0.05, 0) is 38.1 Å². The number of aryl methyl sites for hydroxylation is 1. The molecule has 0 aromatic heterocycles. The highest BCUT2D eigenvalue weighted by Crippen LogP contribution is 2.22. The molecule has 0 fully saturated rings. The van der Waals surface area contributed by atoms with Gasteiger partial charge in [-0.3, -0.25) is 4.79 Å². The summed E-state index contributed by atoms with van der Waals surface area (Å²) in [5.74, 6) is 0.460. The van der Waals surface area contributed by atoms with E-state index in [-0.39, 0.29) is 12.3 Å². The van der Waals surface area contributed by atoms with Crippen molar-refractivity contribution in [3.05, 3.63) is 29.3 Å². The summed E-state index contributed by atoms with van der Waals surface area (Å²) in [6.07, 6.45) is 0.244. The molecule has 3 N–H and O–H groups in total. The first kappa shape index (κ1) is 13.5. The lowest BCUT2D eigenvalue weighted by molar-refractivity contribution is -0.118. The SMILES string of the molecule is CNC(C)c1ccc(OCCC(N)=O)c(C)c1. The van der Waals surface area contributed by atoms with Gasteiger partial charge in [0.2, 0.25) is 5.91 Å². The third kappa shape index (κ3) is 4.07. The van der Waals surface area contributed by atoms with Gasteiger partial charge in [0.15, 0.2) is 0 Å². The molecule has 0 saturated heterocycles. The Hall–Kier alpha value is -1.55. The minimum atomic E-state index is -0.344. The molecule has 4 nitrogen and oxygen atoms in total. The lowest BCUT2D eigenvalue weighted by Crippen LogP contribution is -2.15. The van der Waals surface area contributed by atoms with E-state index in [1.54, 1.807) is 0 Å². The van der Waals surface area contributed by atoms with Crippen LogP contribution in [-0.2, 0) is 4.79 Å². The summed E-state index contributed by atoms with van der Waals surface area (Å²) in [6.45, 7) is 4.42. The van der Waals surface area contributed by atoms with Crippen molar-refractivity contribution in [1.82, 2.24) is 5.32 Å². The average Bonchev–Trinajstić information content (AvgIpc) is 2.29. The fraction of sp³-hybridized carbons (Fsp3) is 0.462. The van der Waals surface area contributed by atoms with Gasteiger partial charge in [0.1, 0.15) is 5.75 Å². The number of carbonyl (C=O) groups excluding carboxylic acids is 1. The largest absolute Gasteiger partial charge is 0.493 e. The van der Waals surface area contributed by atoms with Crippen LogP contribution in [0.4, 0.5) is 0 Å². The number of benzene rings is 1. The number of rotatable bonds is 6. The van der Waals surface area contributed by atoms with Crippen molar-refractivity contribution in [2.75, 3.05) is 13.7 Å². The first-order chi connectivity index (χ1) is 8.04. The smallest absolute Gasteiger partial charge is 0.220 e. The number of primary amides is 1. The number of carbonyl (C=O) groups is 1. The minimum Gasteiger partial charge on any atom is -0.493 e. The van der Waals surface area contributed by atoms with E-state index in [4.69, 9.17) is 10.5 Å². The molecule has 4 heteroatoms. The molecule has 0 radical (unpaired) electrons. The maximum atomic E-state index is 10.6. The minimum absolute atomic E-state index is 0.244. The predicted molar refractivity (Wildman–Crippen MR) is 68.0 cm³/mol. The fourth-order valence-electron chi connectivity index (χ4n) is 1.53. The molecule has 94 valence electrons. The van der Waals surface area contributed by atoms with Gasteiger partial charge in [0, 0.05) is 6.04 Å². The van der Waals surface area contributed by atoms with Crippen molar-refractivity contribution in [3.8, 4) is 5.75 Å². The van der Waals surface area contributed by atoms with Crippen LogP contribution in [0, 0.1) is 6.92 Å². The quantitative estimate of drug-likeness (QED) is 0.787. The Kier molecular flexibility index (Phi) is 4.97. The van der Waals surface area contributed by atoms with Crippen molar-refractivity contribution in [2.24, 2.45) is 5.73 Å². The maximum absolute atomic E-state index is 10.6. The first-order valence-electron chi connectivity index (χ1n) is 5.73. The summed E-state index contributed by atoms with van der Waals surface area (Å²) in [7, 11) is 1.93. The zero-order chi connectivity index (χ0) is 12.8. The third-order valence-corrected chi connectivity index (χ3v) is 2.74. The summed E-state index contributed by atoms with van der Waals surface area (Å²) in [6, 6.07) is 6.35. The average molecular weight is 236 g/mol. The van der Waals surface area contributed by atoms with Crippen molar-refractivity contribution in [2.45, 2.75) is 26.3 Å². The normalized spacial score (nSPS) is 12.2.